The van der Waals surface area contributed by atoms with Crippen LogP contribution < -0.4 is 9.62 Å². The molecule has 140 valence electrons. The smallest absolute Gasteiger partial charge is 0.324 e. The summed E-state index contributed by atoms with van der Waals surface area (Å²) >= 11 is 0. The largest absolute Gasteiger partial charge is 0.416 e. The van der Waals surface area contributed by atoms with Gasteiger partial charge in [-0.15, -0.1) is 0 Å². The molecule has 0 saturated heterocycles. The highest BCUT2D eigenvalue weighted by molar-refractivity contribution is 7.92. The van der Waals surface area contributed by atoms with Crippen LogP contribution >= 0.6 is 0 Å². The van der Waals surface area contributed by atoms with Crippen LogP contribution in [0.3, 0.4) is 0 Å². The lowest BCUT2D eigenvalue weighted by Crippen LogP contribution is -2.45. The summed E-state index contributed by atoms with van der Waals surface area (Å²) in [6, 6.07) is 10.9. The molecule has 1 amide bonds. The number of hydrogen-bond acceptors (Lipinski definition) is 3. The molecule has 0 bridgehead atoms. The van der Waals surface area contributed by atoms with Gasteiger partial charge in [-0.05, 0) is 37.3 Å². The maximum atomic E-state index is 12.8. The van der Waals surface area contributed by atoms with Crippen molar-refractivity contribution in [3.63, 3.8) is 0 Å². The fraction of sp³-hybridized carbons (Fsp3) is 0.235. The maximum absolute atomic E-state index is 12.8. The Morgan fingerprint density at radius 2 is 1.69 bits per heavy atom. The van der Waals surface area contributed by atoms with Crippen molar-refractivity contribution in [2.75, 3.05) is 15.9 Å². The van der Waals surface area contributed by atoms with E-state index >= 15 is 0 Å². The van der Waals surface area contributed by atoms with Gasteiger partial charge in [0.1, 0.15) is 6.04 Å². The van der Waals surface area contributed by atoms with Gasteiger partial charge >= 0.3 is 6.18 Å². The van der Waals surface area contributed by atoms with Crippen molar-refractivity contribution >= 4 is 27.3 Å². The van der Waals surface area contributed by atoms with Gasteiger partial charge in [-0.1, -0.05) is 24.3 Å². The zero-order valence-electron chi connectivity index (χ0n) is 14.0. The van der Waals surface area contributed by atoms with Crippen molar-refractivity contribution in [2.24, 2.45) is 0 Å². The quantitative estimate of drug-likeness (QED) is 0.855. The second-order valence-corrected chi connectivity index (χ2v) is 7.50. The van der Waals surface area contributed by atoms with Gasteiger partial charge in [-0.3, -0.25) is 9.10 Å². The highest BCUT2D eigenvalue weighted by atomic mass is 32.2. The SMILES string of the molecule is C[C@H](C(=O)Nc1cccc(C(F)(F)F)c1)N(c1ccccc1)S(C)(=O)=O. The molecule has 0 radical (unpaired) electrons. The van der Waals surface area contributed by atoms with Gasteiger partial charge in [0.05, 0.1) is 17.5 Å². The Balaban J connectivity index is 2.28. The molecule has 0 aliphatic carbocycles. The van der Waals surface area contributed by atoms with Gasteiger partial charge < -0.3 is 5.32 Å². The van der Waals surface area contributed by atoms with Gasteiger partial charge in [0.25, 0.3) is 0 Å². The predicted octanol–water partition coefficient (Wildman–Crippen LogP) is 3.50. The Morgan fingerprint density at radius 1 is 1.08 bits per heavy atom. The number of hydrogen-bond donors (Lipinski definition) is 1. The molecular weight excluding hydrogens is 369 g/mol. The Hall–Kier alpha value is -2.55. The predicted molar refractivity (Wildman–Crippen MR) is 93.3 cm³/mol. The minimum Gasteiger partial charge on any atom is -0.324 e. The molecule has 26 heavy (non-hydrogen) atoms. The van der Waals surface area contributed by atoms with Gasteiger partial charge in [-0.25, -0.2) is 8.42 Å². The summed E-state index contributed by atoms with van der Waals surface area (Å²) < 4.78 is 63.4. The number of alkyl halides is 3. The minimum atomic E-state index is -4.55. The number of rotatable bonds is 5. The summed E-state index contributed by atoms with van der Waals surface area (Å²) in [5.74, 6) is -0.751. The Bertz CT molecular complexity index is 884. The first-order valence-electron chi connectivity index (χ1n) is 7.53. The minimum absolute atomic E-state index is 0.0711. The first-order valence-corrected chi connectivity index (χ1v) is 9.37. The number of nitrogens with zero attached hydrogens (tertiary/aromatic N) is 1. The normalized spacial score (nSPS) is 13.1. The number of halogens is 3. The molecular formula is C17H17F3N2O3S. The number of carbonyl (C=O) groups is 1. The molecule has 2 aromatic rings. The van der Waals surface area contributed by atoms with Crippen molar-refractivity contribution in [2.45, 2.75) is 19.1 Å². The van der Waals surface area contributed by atoms with E-state index in [1.54, 1.807) is 18.2 Å². The summed E-state index contributed by atoms with van der Waals surface area (Å²) in [6.07, 6.45) is -3.59. The van der Waals surface area contributed by atoms with E-state index in [0.717, 1.165) is 28.8 Å². The third-order valence-electron chi connectivity index (χ3n) is 3.56. The number of anilines is 2. The third kappa shape index (κ3) is 4.75. The fourth-order valence-electron chi connectivity index (χ4n) is 2.40. The molecule has 9 heteroatoms. The van der Waals surface area contributed by atoms with E-state index in [0.29, 0.717) is 0 Å². The molecule has 2 rings (SSSR count). The van der Waals surface area contributed by atoms with Gasteiger partial charge in [0, 0.05) is 5.69 Å². The number of para-hydroxylation sites is 1. The third-order valence-corrected chi connectivity index (χ3v) is 4.80. The van der Waals surface area contributed by atoms with Crippen molar-refractivity contribution in [1.29, 1.82) is 0 Å². The van der Waals surface area contributed by atoms with E-state index in [9.17, 15) is 26.4 Å². The maximum Gasteiger partial charge on any atom is 0.416 e. The molecule has 0 saturated carbocycles. The Labute approximate surface area is 149 Å². The lowest BCUT2D eigenvalue weighted by atomic mass is 10.2. The summed E-state index contributed by atoms with van der Waals surface area (Å²) in [5.41, 5.74) is -0.703. The summed E-state index contributed by atoms with van der Waals surface area (Å²) in [7, 11) is -3.79. The first-order chi connectivity index (χ1) is 12.0. The van der Waals surface area contributed by atoms with Gasteiger partial charge in [0.15, 0.2) is 0 Å². The topological polar surface area (TPSA) is 66.5 Å². The number of sulfonamides is 1. The summed E-state index contributed by atoms with van der Waals surface area (Å²) in [6.45, 7) is 1.36. The molecule has 1 N–H and O–H groups in total. The first kappa shape index (κ1) is 19.8. The second-order valence-electron chi connectivity index (χ2n) is 5.64. The number of benzene rings is 2. The lowest BCUT2D eigenvalue weighted by molar-refractivity contribution is -0.137. The number of carbonyl (C=O) groups excluding carboxylic acids is 1. The van der Waals surface area contributed by atoms with Crippen LogP contribution in [0.1, 0.15) is 12.5 Å². The molecule has 0 aliphatic rings. The van der Waals surface area contributed by atoms with Crippen molar-refractivity contribution in [3.8, 4) is 0 Å². The van der Waals surface area contributed by atoms with E-state index < -0.39 is 33.7 Å². The number of nitrogens with one attached hydrogen (secondary N) is 1. The second kappa shape index (κ2) is 7.36. The van der Waals surface area contributed by atoms with Gasteiger partial charge in [-0.2, -0.15) is 13.2 Å². The Morgan fingerprint density at radius 3 is 2.23 bits per heavy atom. The molecule has 0 aromatic heterocycles. The molecule has 0 spiro atoms. The van der Waals surface area contributed by atoms with Crippen LogP contribution in [0, 0.1) is 0 Å². The average Bonchev–Trinajstić information content (AvgIpc) is 2.54. The van der Waals surface area contributed by atoms with E-state index in [1.807, 2.05) is 0 Å². The zero-order chi connectivity index (χ0) is 19.5. The summed E-state index contributed by atoms with van der Waals surface area (Å²) in [5, 5.41) is 2.33. The fourth-order valence-corrected chi connectivity index (χ4v) is 3.58. The van der Waals surface area contributed by atoms with Crippen molar-refractivity contribution in [3.05, 3.63) is 60.2 Å². The van der Waals surface area contributed by atoms with Gasteiger partial charge in [0.2, 0.25) is 15.9 Å². The van der Waals surface area contributed by atoms with Crippen LogP contribution in [-0.2, 0) is 21.0 Å². The van der Waals surface area contributed by atoms with E-state index in [2.05, 4.69) is 5.32 Å². The van der Waals surface area contributed by atoms with Crippen LogP contribution in [0.2, 0.25) is 0 Å². The molecule has 2 aromatic carbocycles. The van der Waals surface area contributed by atoms with Crippen molar-refractivity contribution < 1.29 is 26.4 Å². The van der Waals surface area contributed by atoms with Crippen LogP contribution in [0.5, 0.6) is 0 Å². The monoisotopic (exact) mass is 386 g/mol. The standard InChI is InChI=1S/C17H17F3N2O3S/c1-12(22(26(2,24)25)15-9-4-3-5-10-15)16(23)21-14-8-6-7-13(11-14)17(18,19)20/h3-12H,1-2H3,(H,21,23)/t12-/m1/s1. The highest BCUT2D eigenvalue weighted by Gasteiger charge is 2.32. The molecule has 1 atom stereocenters. The van der Waals surface area contributed by atoms with E-state index in [4.69, 9.17) is 0 Å². The molecule has 0 fully saturated rings. The molecule has 0 aliphatic heterocycles. The van der Waals surface area contributed by atoms with Crippen LogP contribution in [0.4, 0.5) is 24.5 Å². The Kier molecular flexibility index (Phi) is 5.60. The lowest BCUT2D eigenvalue weighted by Gasteiger charge is -2.28. The highest BCUT2D eigenvalue weighted by Crippen LogP contribution is 2.30. The average molecular weight is 386 g/mol. The zero-order valence-corrected chi connectivity index (χ0v) is 14.8. The molecule has 5 nitrogen and oxygen atoms in total. The van der Waals surface area contributed by atoms with Crippen LogP contribution in [0.25, 0.3) is 0 Å². The molecule has 0 unspecified atom stereocenters. The van der Waals surface area contributed by atoms with Crippen molar-refractivity contribution in [1.82, 2.24) is 0 Å². The summed E-state index contributed by atoms with van der Waals surface area (Å²) in [4.78, 5) is 12.4. The van der Waals surface area contributed by atoms with Crippen LogP contribution in [-0.4, -0.2) is 26.6 Å². The number of amides is 1. The molecule has 0 heterocycles. The van der Waals surface area contributed by atoms with Crippen LogP contribution in [0.15, 0.2) is 54.6 Å². The van der Waals surface area contributed by atoms with E-state index in [1.165, 1.54) is 25.1 Å². The van der Waals surface area contributed by atoms with E-state index in [-0.39, 0.29) is 11.4 Å².